The third-order valence-electron chi connectivity index (χ3n) is 5.23. The molecule has 0 spiro atoms. The van der Waals surface area contributed by atoms with E-state index in [0.29, 0.717) is 37.9 Å². The molecular weight excluding hydrogens is 432 g/mol. The van der Waals surface area contributed by atoms with Gasteiger partial charge in [-0.25, -0.2) is 9.37 Å². The number of pyridine rings is 1. The predicted molar refractivity (Wildman–Crippen MR) is 120 cm³/mol. The number of nitrogens with one attached hydrogen (secondary N) is 2. The van der Waals surface area contributed by atoms with Gasteiger partial charge >= 0.3 is 0 Å². The Labute approximate surface area is 188 Å². The van der Waals surface area contributed by atoms with E-state index in [2.05, 4.69) is 25.6 Å². The number of benzene rings is 1. The van der Waals surface area contributed by atoms with Crippen LogP contribution in [-0.4, -0.2) is 52.8 Å². The molecule has 1 aromatic carbocycles. The van der Waals surface area contributed by atoms with E-state index in [9.17, 15) is 8.78 Å². The predicted octanol–water partition coefficient (Wildman–Crippen LogP) is 3.73. The van der Waals surface area contributed by atoms with Crippen molar-refractivity contribution < 1.29 is 18.3 Å². The van der Waals surface area contributed by atoms with E-state index < -0.39 is 11.6 Å². The highest BCUT2D eigenvalue weighted by molar-refractivity contribution is 5.66. The highest BCUT2D eigenvalue weighted by atomic mass is 19.2. The molecule has 1 fully saturated rings. The topological polar surface area (TPSA) is 88.8 Å². The van der Waals surface area contributed by atoms with Gasteiger partial charge in [-0.3, -0.25) is 0 Å². The van der Waals surface area contributed by atoms with Crippen molar-refractivity contribution in [2.75, 3.05) is 48.9 Å². The SMILES string of the molecule is COc1ccc(Nc2nc(Nc3ccn4ccnc4c3)cc(N3CCOCC3)n2)c(F)c1F. The fourth-order valence-electron chi connectivity index (χ4n) is 3.55. The van der Waals surface area contributed by atoms with Crippen LogP contribution in [0.5, 0.6) is 5.75 Å². The smallest absolute Gasteiger partial charge is 0.231 e. The molecular formula is C22H21F2N7O2. The zero-order valence-corrected chi connectivity index (χ0v) is 17.8. The van der Waals surface area contributed by atoms with Gasteiger partial charge in [-0.15, -0.1) is 0 Å². The summed E-state index contributed by atoms with van der Waals surface area (Å²) in [6.07, 6.45) is 5.44. The molecule has 5 rings (SSSR count). The lowest BCUT2D eigenvalue weighted by molar-refractivity contribution is 0.122. The third kappa shape index (κ3) is 4.35. The maximum Gasteiger partial charge on any atom is 0.231 e. The molecule has 1 aliphatic rings. The van der Waals surface area contributed by atoms with Crippen molar-refractivity contribution in [2.24, 2.45) is 0 Å². The molecule has 1 aliphatic heterocycles. The number of methoxy groups -OCH3 is 1. The monoisotopic (exact) mass is 453 g/mol. The first kappa shape index (κ1) is 20.9. The second-order valence-electron chi connectivity index (χ2n) is 7.34. The van der Waals surface area contributed by atoms with Crippen LogP contribution in [0.4, 0.5) is 37.7 Å². The van der Waals surface area contributed by atoms with Gasteiger partial charge in [0.05, 0.1) is 26.0 Å². The van der Waals surface area contributed by atoms with Crippen LogP contribution < -0.4 is 20.3 Å². The first-order valence-corrected chi connectivity index (χ1v) is 10.3. The highest BCUT2D eigenvalue weighted by Crippen LogP contribution is 2.29. The molecule has 0 amide bonds. The zero-order chi connectivity index (χ0) is 22.8. The summed E-state index contributed by atoms with van der Waals surface area (Å²) < 4.78 is 40.9. The van der Waals surface area contributed by atoms with Crippen LogP contribution in [0.2, 0.25) is 0 Å². The molecule has 4 aromatic rings. The molecule has 0 radical (unpaired) electrons. The number of hydrogen-bond acceptors (Lipinski definition) is 8. The maximum absolute atomic E-state index is 14.5. The normalized spacial score (nSPS) is 13.8. The van der Waals surface area contributed by atoms with Crippen LogP contribution in [0.1, 0.15) is 0 Å². The Morgan fingerprint density at radius 2 is 1.85 bits per heavy atom. The Hall–Kier alpha value is -3.99. The number of halogens is 2. The first-order chi connectivity index (χ1) is 16.1. The number of rotatable bonds is 6. The minimum absolute atomic E-state index is 0.0998. The lowest BCUT2D eigenvalue weighted by Gasteiger charge is -2.28. The fourth-order valence-corrected chi connectivity index (χ4v) is 3.55. The number of hydrogen-bond donors (Lipinski definition) is 2. The lowest BCUT2D eigenvalue weighted by atomic mass is 10.2. The number of aromatic nitrogens is 4. The van der Waals surface area contributed by atoms with E-state index in [4.69, 9.17) is 9.47 Å². The van der Waals surface area contributed by atoms with Gasteiger partial charge < -0.3 is 29.4 Å². The summed E-state index contributed by atoms with van der Waals surface area (Å²) in [6, 6.07) is 8.28. The number of fused-ring (bicyclic) bond motifs is 1. The van der Waals surface area contributed by atoms with Crippen LogP contribution >= 0.6 is 0 Å². The van der Waals surface area contributed by atoms with E-state index in [1.54, 1.807) is 12.3 Å². The van der Waals surface area contributed by atoms with Gasteiger partial charge in [-0.05, 0) is 18.2 Å². The fraction of sp³-hybridized carbons (Fsp3) is 0.227. The number of anilines is 5. The molecule has 33 heavy (non-hydrogen) atoms. The van der Waals surface area contributed by atoms with Gasteiger partial charge in [-0.2, -0.15) is 14.4 Å². The van der Waals surface area contributed by atoms with E-state index in [0.717, 1.165) is 11.3 Å². The molecule has 170 valence electrons. The van der Waals surface area contributed by atoms with E-state index in [1.807, 2.05) is 33.8 Å². The summed E-state index contributed by atoms with van der Waals surface area (Å²) in [5.74, 6) is -1.11. The standard InChI is InChI=1S/C22H21F2N7O2/c1-32-16-3-2-15(20(23)21(16)24)27-22-28-17(13-19(29-22)31-8-10-33-11-9-31)26-14-4-6-30-7-5-25-18(30)12-14/h2-7,12-13H,8-11H2,1H3,(H2,26,27,28,29). The molecule has 11 heteroatoms. The summed E-state index contributed by atoms with van der Waals surface area (Å²) in [5, 5.41) is 6.03. The molecule has 0 unspecified atom stereocenters. The Bertz CT molecular complexity index is 1290. The summed E-state index contributed by atoms with van der Waals surface area (Å²) in [5.41, 5.74) is 1.45. The number of imidazole rings is 1. The first-order valence-electron chi connectivity index (χ1n) is 10.3. The average molecular weight is 453 g/mol. The van der Waals surface area contributed by atoms with Gasteiger partial charge in [0, 0.05) is 49.5 Å². The van der Waals surface area contributed by atoms with Crippen LogP contribution in [0.25, 0.3) is 5.65 Å². The quantitative estimate of drug-likeness (QED) is 0.457. The number of ether oxygens (including phenoxy) is 2. The van der Waals surface area contributed by atoms with Crippen molar-refractivity contribution in [3.63, 3.8) is 0 Å². The summed E-state index contributed by atoms with van der Waals surface area (Å²) in [7, 11) is 1.28. The molecule has 0 saturated carbocycles. The second-order valence-corrected chi connectivity index (χ2v) is 7.34. The Kier molecular flexibility index (Phi) is 5.61. The van der Waals surface area contributed by atoms with Crippen molar-refractivity contribution in [3.8, 4) is 5.75 Å². The van der Waals surface area contributed by atoms with Crippen LogP contribution in [-0.2, 0) is 4.74 Å². The molecule has 1 saturated heterocycles. The van der Waals surface area contributed by atoms with Gasteiger partial charge in [0.1, 0.15) is 17.3 Å². The minimum Gasteiger partial charge on any atom is -0.494 e. The lowest BCUT2D eigenvalue weighted by Crippen LogP contribution is -2.36. The Balaban J connectivity index is 1.49. The van der Waals surface area contributed by atoms with Gasteiger partial charge in [0.15, 0.2) is 11.6 Å². The maximum atomic E-state index is 14.5. The zero-order valence-electron chi connectivity index (χ0n) is 17.8. The van der Waals surface area contributed by atoms with Crippen molar-refractivity contribution in [1.82, 2.24) is 19.4 Å². The molecule has 3 aromatic heterocycles. The van der Waals surface area contributed by atoms with Crippen molar-refractivity contribution in [1.29, 1.82) is 0 Å². The van der Waals surface area contributed by atoms with Crippen LogP contribution in [0, 0.1) is 11.6 Å². The molecule has 0 aliphatic carbocycles. The van der Waals surface area contributed by atoms with Gasteiger partial charge in [-0.1, -0.05) is 0 Å². The second kappa shape index (κ2) is 8.87. The van der Waals surface area contributed by atoms with Gasteiger partial charge in [0.2, 0.25) is 11.8 Å². The van der Waals surface area contributed by atoms with E-state index >= 15 is 0 Å². The molecule has 9 nitrogen and oxygen atoms in total. The Morgan fingerprint density at radius 1 is 1.00 bits per heavy atom. The van der Waals surface area contributed by atoms with E-state index in [1.165, 1.54) is 19.2 Å². The number of nitrogens with zero attached hydrogens (tertiary/aromatic N) is 5. The average Bonchev–Trinajstić information content (AvgIpc) is 3.31. The van der Waals surface area contributed by atoms with Crippen molar-refractivity contribution in [2.45, 2.75) is 0 Å². The van der Waals surface area contributed by atoms with Crippen LogP contribution in [0.3, 0.4) is 0 Å². The number of morpholine rings is 1. The van der Waals surface area contributed by atoms with Crippen molar-refractivity contribution in [3.05, 3.63) is 60.6 Å². The summed E-state index contributed by atoms with van der Waals surface area (Å²) in [4.78, 5) is 15.3. The van der Waals surface area contributed by atoms with Gasteiger partial charge in [0.25, 0.3) is 0 Å². The highest BCUT2D eigenvalue weighted by Gasteiger charge is 2.18. The molecule has 2 N–H and O–H groups in total. The van der Waals surface area contributed by atoms with Crippen molar-refractivity contribution >= 4 is 34.6 Å². The third-order valence-corrected chi connectivity index (χ3v) is 5.23. The molecule has 0 bridgehead atoms. The summed E-state index contributed by atoms with van der Waals surface area (Å²) in [6.45, 7) is 2.46. The van der Waals surface area contributed by atoms with E-state index in [-0.39, 0.29) is 17.4 Å². The summed E-state index contributed by atoms with van der Waals surface area (Å²) >= 11 is 0. The Morgan fingerprint density at radius 3 is 2.67 bits per heavy atom. The largest absolute Gasteiger partial charge is 0.494 e. The van der Waals surface area contributed by atoms with Crippen LogP contribution in [0.15, 0.2) is 48.9 Å². The minimum atomic E-state index is -1.09. The molecule has 4 heterocycles. The molecule has 0 atom stereocenters.